The first-order valence-electron chi connectivity index (χ1n) is 6.24. The normalized spacial score (nSPS) is 10.7. The Balaban J connectivity index is 2.61. The Bertz CT molecular complexity index is 371. The highest BCUT2D eigenvalue weighted by atomic mass is 15.1. The number of nitrogen functional groups attached to an aromatic ring is 1. The lowest BCUT2D eigenvalue weighted by Crippen LogP contribution is -2.27. The third kappa shape index (κ3) is 4.33. The smallest absolute Gasteiger partial charge is 0.141 e. The molecule has 5 heteroatoms. The third-order valence-electron chi connectivity index (χ3n) is 2.80. The van der Waals surface area contributed by atoms with Gasteiger partial charge in [0, 0.05) is 13.1 Å². The average molecular weight is 249 g/mol. The van der Waals surface area contributed by atoms with E-state index < -0.39 is 0 Å². The van der Waals surface area contributed by atoms with Crippen LogP contribution in [0, 0.1) is 5.41 Å². The van der Waals surface area contributed by atoms with E-state index in [9.17, 15) is 0 Å². The average Bonchev–Trinajstić information content (AvgIpc) is 2.34. The Kier molecular flexibility index (Phi) is 5.58. The van der Waals surface area contributed by atoms with Crippen LogP contribution in [-0.4, -0.2) is 49.4 Å². The molecule has 0 fully saturated rings. The molecule has 0 aromatic carbocycles. The molecule has 0 aliphatic rings. The predicted octanol–water partition coefficient (Wildman–Crippen LogP) is 1.14. The van der Waals surface area contributed by atoms with Crippen LogP contribution in [0.25, 0.3) is 0 Å². The van der Waals surface area contributed by atoms with Crippen LogP contribution < -0.4 is 10.6 Å². The van der Waals surface area contributed by atoms with Crippen molar-refractivity contribution in [2.45, 2.75) is 13.3 Å². The number of aromatic nitrogens is 1. The summed E-state index contributed by atoms with van der Waals surface area (Å²) >= 11 is 0. The molecule has 0 amide bonds. The van der Waals surface area contributed by atoms with E-state index in [0.717, 1.165) is 31.7 Å². The van der Waals surface area contributed by atoms with Gasteiger partial charge in [0.05, 0.1) is 11.9 Å². The second kappa shape index (κ2) is 6.96. The van der Waals surface area contributed by atoms with Crippen LogP contribution in [-0.2, 0) is 0 Å². The summed E-state index contributed by atoms with van der Waals surface area (Å²) in [6, 6.07) is 3.77. The molecule has 0 radical (unpaired) electrons. The number of anilines is 1. The van der Waals surface area contributed by atoms with Crippen molar-refractivity contribution in [3.63, 3.8) is 0 Å². The topological polar surface area (TPSA) is 69.2 Å². The van der Waals surface area contributed by atoms with Gasteiger partial charge in [0.25, 0.3) is 0 Å². The van der Waals surface area contributed by atoms with E-state index in [2.05, 4.69) is 35.8 Å². The van der Waals surface area contributed by atoms with Gasteiger partial charge in [-0.05, 0) is 46.1 Å². The standard InChI is InChI=1S/C13H23N5/c1-4-18(9-5-8-17(2)3)11-6-7-12(13(14)15)16-10-11/h6-7,10H,4-5,8-9H2,1-3H3,(H3,14,15). The molecule has 0 spiro atoms. The van der Waals surface area contributed by atoms with Gasteiger partial charge < -0.3 is 15.5 Å². The number of nitrogens with one attached hydrogen (secondary N) is 1. The van der Waals surface area contributed by atoms with Gasteiger partial charge in [0.1, 0.15) is 11.5 Å². The van der Waals surface area contributed by atoms with Crippen molar-refractivity contribution in [3.05, 3.63) is 24.0 Å². The van der Waals surface area contributed by atoms with E-state index in [1.165, 1.54) is 0 Å². The number of pyridine rings is 1. The molecule has 0 atom stereocenters. The molecule has 0 saturated carbocycles. The van der Waals surface area contributed by atoms with Crippen molar-refractivity contribution in [1.29, 1.82) is 5.41 Å². The quantitative estimate of drug-likeness (QED) is 0.562. The summed E-state index contributed by atoms with van der Waals surface area (Å²) in [6.07, 6.45) is 2.91. The molecule has 1 aromatic heterocycles. The Hall–Kier alpha value is -1.62. The fourth-order valence-electron chi connectivity index (χ4n) is 1.78. The molecule has 0 unspecified atom stereocenters. The number of nitrogens with two attached hydrogens (primary N) is 1. The minimum absolute atomic E-state index is 0.0113. The molecule has 5 nitrogen and oxygen atoms in total. The number of amidine groups is 1. The molecule has 100 valence electrons. The lowest BCUT2D eigenvalue weighted by atomic mass is 10.2. The Morgan fingerprint density at radius 2 is 2.06 bits per heavy atom. The largest absolute Gasteiger partial charge is 0.382 e. The van der Waals surface area contributed by atoms with Crippen molar-refractivity contribution in [1.82, 2.24) is 9.88 Å². The molecular weight excluding hydrogens is 226 g/mol. The zero-order chi connectivity index (χ0) is 13.5. The second-order valence-corrected chi connectivity index (χ2v) is 4.55. The summed E-state index contributed by atoms with van der Waals surface area (Å²) in [5, 5.41) is 7.31. The minimum atomic E-state index is 0.0113. The van der Waals surface area contributed by atoms with Crippen LogP contribution in [0.2, 0.25) is 0 Å². The van der Waals surface area contributed by atoms with Crippen LogP contribution in [0.1, 0.15) is 19.0 Å². The molecule has 0 saturated heterocycles. The maximum Gasteiger partial charge on any atom is 0.141 e. The van der Waals surface area contributed by atoms with E-state index in [1.54, 1.807) is 12.3 Å². The highest BCUT2D eigenvalue weighted by Gasteiger charge is 2.05. The summed E-state index contributed by atoms with van der Waals surface area (Å²) in [5.41, 5.74) is 7.00. The SMILES string of the molecule is CCN(CCCN(C)C)c1ccc(C(=N)N)nc1. The highest BCUT2D eigenvalue weighted by molar-refractivity contribution is 5.93. The van der Waals surface area contributed by atoms with Gasteiger partial charge in [-0.1, -0.05) is 0 Å². The van der Waals surface area contributed by atoms with Crippen molar-refractivity contribution in [2.24, 2.45) is 5.73 Å². The summed E-state index contributed by atoms with van der Waals surface area (Å²) in [7, 11) is 4.17. The molecule has 1 aromatic rings. The molecule has 0 bridgehead atoms. The van der Waals surface area contributed by atoms with Gasteiger partial charge in [0.2, 0.25) is 0 Å². The lowest BCUT2D eigenvalue weighted by molar-refractivity contribution is 0.400. The third-order valence-corrected chi connectivity index (χ3v) is 2.80. The van der Waals surface area contributed by atoms with Gasteiger partial charge in [-0.2, -0.15) is 0 Å². The van der Waals surface area contributed by atoms with Gasteiger partial charge in [-0.15, -0.1) is 0 Å². The Labute approximate surface area is 109 Å². The number of nitrogens with zero attached hydrogens (tertiary/aromatic N) is 3. The molecule has 1 rings (SSSR count). The first-order valence-corrected chi connectivity index (χ1v) is 6.24. The summed E-state index contributed by atoms with van der Waals surface area (Å²) in [4.78, 5) is 8.65. The molecule has 0 aliphatic heterocycles. The van der Waals surface area contributed by atoms with Crippen LogP contribution in [0.4, 0.5) is 5.69 Å². The molecule has 0 aliphatic carbocycles. The van der Waals surface area contributed by atoms with Crippen molar-refractivity contribution in [3.8, 4) is 0 Å². The zero-order valence-corrected chi connectivity index (χ0v) is 11.5. The summed E-state index contributed by atoms with van der Waals surface area (Å²) in [5.74, 6) is 0.0113. The van der Waals surface area contributed by atoms with Crippen LogP contribution in [0.5, 0.6) is 0 Å². The van der Waals surface area contributed by atoms with E-state index in [1.807, 2.05) is 6.07 Å². The van der Waals surface area contributed by atoms with Gasteiger partial charge in [0.15, 0.2) is 0 Å². The van der Waals surface area contributed by atoms with E-state index in [0.29, 0.717) is 5.69 Å². The number of hydrogen-bond acceptors (Lipinski definition) is 4. The van der Waals surface area contributed by atoms with Crippen LogP contribution in [0.3, 0.4) is 0 Å². The maximum atomic E-state index is 7.31. The minimum Gasteiger partial charge on any atom is -0.382 e. The Morgan fingerprint density at radius 3 is 2.50 bits per heavy atom. The van der Waals surface area contributed by atoms with Gasteiger partial charge in [-0.3, -0.25) is 10.4 Å². The molecule has 3 N–H and O–H groups in total. The van der Waals surface area contributed by atoms with Gasteiger partial charge in [-0.25, -0.2) is 0 Å². The Morgan fingerprint density at radius 1 is 1.33 bits per heavy atom. The van der Waals surface area contributed by atoms with Gasteiger partial charge >= 0.3 is 0 Å². The van der Waals surface area contributed by atoms with Crippen molar-refractivity contribution < 1.29 is 0 Å². The molecule has 1 heterocycles. The first-order chi connectivity index (χ1) is 8.54. The second-order valence-electron chi connectivity index (χ2n) is 4.55. The highest BCUT2D eigenvalue weighted by Crippen LogP contribution is 2.13. The lowest BCUT2D eigenvalue weighted by Gasteiger charge is -2.23. The fourth-order valence-corrected chi connectivity index (χ4v) is 1.78. The fraction of sp³-hybridized carbons (Fsp3) is 0.538. The molecule has 18 heavy (non-hydrogen) atoms. The van der Waals surface area contributed by atoms with E-state index >= 15 is 0 Å². The van der Waals surface area contributed by atoms with E-state index in [-0.39, 0.29) is 5.84 Å². The van der Waals surface area contributed by atoms with Crippen LogP contribution >= 0.6 is 0 Å². The predicted molar refractivity (Wildman–Crippen MR) is 76.3 cm³/mol. The van der Waals surface area contributed by atoms with Crippen molar-refractivity contribution >= 4 is 11.5 Å². The number of hydrogen-bond donors (Lipinski definition) is 2. The number of rotatable bonds is 7. The summed E-state index contributed by atoms with van der Waals surface area (Å²) < 4.78 is 0. The van der Waals surface area contributed by atoms with Crippen molar-refractivity contribution in [2.75, 3.05) is 38.6 Å². The summed E-state index contributed by atoms with van der Waals surface area (Å²) in [6.45, 7) is 5.17. The zero-order valence-electron chi connectivity index (χ0n) is 11.5. The molecular formula is C13H23N5. The van der Waals surface area contributed by atoms with Crippen LogP contribution in [0.15, 0.2) is 18.3 Å². The first kappa shape index (κ1) is 14.4. The maximum absolute atomic E-state index is 7.31. The van der Waals surface area contributed by atoms with E-state index in [4.69, 9.17) is 11.1 Å². The monoisotopic (exact) mass is 249 g/mol.